The molecule has 2 saturated carbocycles. The van der Waals surface area contributed by atoms with E-state index in [2.05, 4.69) is 37.2 Å². The van der Waals surface area contributed by atoms with E-state index in [9.17, 15) is 18.4 Å². The molecule has 2 amide bonds. The molecule has 53 heavy (non-hydrogen) atoms. The second kappa shape index (κ2) is 16.9. The summed E-state index contributed by atoms with van der Waals surface area (Å²) in [5.41, 5.74) is -0.266. The maximum Gasteiger partial charge on any atom is 0.410 e. The lowest BCUT2D eigenvalue weighted by Gasteiger charge is -2.34. The van der Waals surface area contributed by atoms with Crippen LogP contribution in [0.4, 0.5) is 25.1 Å². The van der Waals surface area contributed by atoms with Gasteiger partial charge >= 0.3 is 6.09 Å². The predicted octanol–water partition coefficient (Wildman–Crippen LogP) is 8.06. The monoisotopic (exact) mass is 738 g/mol. The third-order valence-corrected chi connectivity index (χ3v) is 10.7. The van der Waals surface area contributed by atoms with Crippen LogP contribution in [0.15, 0.2) is 35.2 Å². The SMILES string of the molecule is CN(CCCC1CCN(C(=O)OC(C)(C)C)CC1)C[C@H]1CC[C@H](n2cc(NC(=O)c3coc(-c4ccnc(N(C)CC5CC5)c4)n3)c(C(F)F)n2)CC1. The molecule has 2 aliphatic carbocycles. The summed E-state index contributed by atoms with van der Waals surface area (Å²) in [5.74, 6) is 2.27. The quantitative estimate of drug-likeness (QED) is 0.175. The Hall–Kier alpha value is -4.07. The number of carbonyl (C=O) groups excluding carboxylic acids is 2. The van der Waals surface area contributed by atoms with Gasteiger partial charge in [-0.05, 0) is 128 Å². The lowest BCUT2D eigenvalue weighted by molar-refractivity contribution is 0.0179. The van der Waals surface area contributed by atoms with Gasteiger partial charge in [-0.1, -0.05) is 0 Å². The number of likely N-dealkylation sites (tertiary alicyclic amines) is 1. The van der Waals surface area contributed by atoms with Gasteiger partial charge in [0.1, 0.15) is 17.7 Å². The summed E-state index contributed by atoms with van der Waals surface area (Å²) in [6.45, 7) is 10.2. The van der Waals surface area contributed by atoms with Crippen LogP contribution in [0, 0.1) is 17.8 Å². The van der Waals surface area contributed by atoms with Gasteiger partial charge in [0.15, 0.2) is 11.4 Å². The van der Waals surface area contributed by atoms with Crippen molar-refractivity contribution >= 4 is 23.5 Å². The van der Waals surface area contributed by atoms with Crippen LogP contribution in [-0.4, -0.2) is 94.0 Å². The van der Waals surface area contributed by atoms with Gasteiger partial charge in [0.05, 0.1) is 11.7 Å². The van der Waals surface area contributed by atoms with Crippen molar-refractivity contribution in [3.8, 4) is 11.5 Å². The Morgan fingerprint density at radius 2 is 1.72 bits per heavy atom. The summed E-state index contributed by atoms with van der Waals surface area (Å²) in [6, 6.07) is 3.61. The molecule has 1 N–H and O–H groups in total. The largest absolute Gasteiger partial charge is 0.444 e. The number of carbonyl (C=O) groups is 2. The number of ether oxygens (including phenoxy) is 1. The molecule has 0 radical (unpaired) electrons. The van der Waals surface area contributed by atoms with Crippen molar-refractivity contribution < 1.29 is 27.5 Å². The van der Waals surface area contributed by atoms with Crippen molar-refractivity contribution in [3.05, 3.63) is 42.2 Å². The summed E-state index contributed by atoms with van der Waals surface area (Å²) in [6.07, 6.45) is 11.8. The van der Waals surface area contributed by atoms with Crippen molar-refractivity contribution in [2.75, 3.05) is 57.0 Å². The van der Waals surface area contributed by atoms with Gasteiger partial charge in [-0.2, -0.15) is 5.10 Å². The molecule has 14 heteroatoms. The fourth-order valence-electron chi connectivity index (χ4n) is 7.59. The highest BCUT2D eigenvalue weighted by molar-refractivity contribution is 6.03. The summed E-state index contributed by atoms with van der Waals surface area (Å²) >= 11 is 0. The number of alkyl halides is 2. The molecule has 0 aromatic carbocycles. The summed E-state index contributed by atoms with van der Waals surface area (Å²) in [7, 11) is 4.17. The van der Waals surface area contributed by atoms with E-state index in [0.717, 1.165) is 89.9 Å². The van der Waals surface area contributed by atoms with Crippen molar-refractivity contribution in [1.29, 1.82) is 0 Å². The zero-order chi connectivity index (χ0) is 37.7. The topological polar surface area (TPSA) is 122 Å². The number of hydrogen-bond acceptors (Lipinski definition) is 9. The molecule has 0 unspecified atom stereocenters. The van der Waals surface area contributed by atoms with Gasteiger partial charge in [0.2, 0.25) is 5.89 Å². The minimum absolute atomic E-state index is 0.00845. The van der Waals surface area contributed by atoms with Crippen molar-refractivity contribution in [2.45, 2.75) is 103 Å². The van der Waals surface area contributed by atoms with Crippen LogP contribution in [0.2, 0.25) is 0 Å². The Kier molecular flexibility index (Phi) is 12.4. The lowest BCUT2D eigenvalue weighted by Crippen LogP contribution is -2.41. The molecule has 0 atom stereocenters. The lowest BCUT2D eigenvalue weighted by atomic mass is 9.85. The number of anilines is 2. The molecule has 3 aromatic rings. The maximum atomic E-state index is 14.1. The molecule has 1 saturated heterocycles. The highest BCUT2D eigenvalue weighted by Crippen LogP contribution is 2.36. The number of nitrogens with zero attached hydrogens (tertiary/aromatic N) is 7. The van der Waals surface area contributed by atoms with Crippen LogP contribution >= 0.6 is 0 Å². The maximum absolute atomic E-state index is 14.1. The number of pyridine rings is 1. The number of oxazole rings is 1. The fourth-order valence-corrected chi connectivity index (χ4v) is 7.59. The van der Waals surface area contributed by atoms with E-state index in [0.29, 0.717) is 23.3 Å². The number of halogens is 2. The second-order valence-corrected chi connectivity index (χ2v) is 16.4. The van der Waals surface area contributed by atoms with Crippen LogP contribution in [0.1, 0.15) is 114 Å². The number of hydrogen-bond donors (Lipinski definition) is 1. The van der Waals surface area contributed by atoms with Crippen LogP contribution in [0.25, 0.3) is 11.5 Å². The van der Waals surface area contributed by atoms with Crippen molar-refractivity contribution in [1.82, 2.24) is 29.5 Å². The van der Waals surface area contributed by atoms with Gasteiger partial charge in [0.25, 0.3) is 12.3 Å². The third-order valence-electron chi connectivity index (χ3n) is 10.7. The number of amides is 2. The molecular weight excluding hydrogens is 682 g/mol. The first-order valence-corrected chi connectivity index (χ1v) is 19.3. The molecule has 3 aliphatic rings. The Morgan fingerprint density at radius 3 is 2.40 bits per heavy atom. The minimum Gasteiger partial charge on any atom is -0.444 e. The number of piperidine rings is 1. The van der Waals surface area contributed by atoms with E-state index in [1.807, 2.05) is 38.8 Å². The Morgan fingerprint density at radius 1 is 1.02 bits per heavy atom. The molecule has 3 fully saturated rings. The first kappa shape index (κ1) is 38.6. The minimum atomic E-state index is -2.84. The number of rotatable bonds is 14. The van der Waals surface area contributed by atoms with Gasteiger partial charge in [-0.15, -0.1) is 0 Å². The molecule has 0 bridgehead atoms. The molecular formula is C39H56F2N8O4. The van der Waals surface area contributed by atoms with Gasteiger partial charge in [0, 0.05) is 51.2 Å². The Bertz CT molecular complexity index is 1670. The van der Waals surface area contributed by atoms with Crippen LogP contribution < -0.4 is 10.2 Å². The normalized spacial score (nSPS) is 19.9. The van der Waals surface area contributed by atoms with Crippen LogP contribution in [0.5, 0.6) is 0 Å². The van der Waals surface area contributed by atoms with Gasteiger partial charge in [-0.3, -0.25) is 9.48 Å². The number of aromatic nitrogens is 4. The first-order chi connectivity index (χ1) is 25.3. The standard InChI is InChI=1S/C39H56F2N8O4/c1-39(2,3)53-38(51)48-19-15-26(16-20-48)7-6-18-46(4)22-27-10-12-30(13-11-27)49-24-31(34(45-49)35(40)41)43-36(50)32-25-52-37(44-32)29-14-17-42-33(21-29)47(5)23-28-8-9-28/h14,17,21,24-28,30,35H,6-13,15-16,18-20,22-23H2,1-5H3,(H,43,50)/t27-,30-. The first-order valence-electron chi connectivity index (χ1n) is 19.3. The highest BCUT2D eigenvalue weighted by atomic mass is 19.3. The van der Waals surface area contributed by atoms with E-state index < -0.39 is 23.6 Å². The molecule has 1 aliphatic heterocycles. The van der Waals surface area contributed by atoms with Crippen molar-refractivity contribution in [2.24, 2.45) is 17.8 Å². The third kappa shape index (κ3) is 10.8. The van der Waals surface area contributed by atoms with E-state index in [1.165, 1.54) is 25.3 Å². The van der Waals surface area contributed by atoms with Crippen LogP contribution in [0.3, 0.4) is 0 Å². The molecule has 12 nitrogen and oxygen atoms in total. The average Bonchev–Trinajstić information content (AvgIpc) is 3.61. The van der Waals surface area contributed by atoms with Gasteiger partial charge < -0.3 is 29.2 Å². The van der Waals surface area contributed by atoms with E-state index in [4.69, 9.17) is 9.15 Å². The number of nitrogens with one attached hydrogen (secondary N) is 1. The van der Waals surface area contributed by atoms with Crippen molar-refractivity contribution in [3.63, 3.8) is 0 Å². The summed E-state index contributed by atoms with van der Waals surface area (Å²) < 4.78 is 41.0. The van der Waals surface area contributed by atoms with Gasteiger partial charge in [-0.25, -0.2) is 23.5 Å². The molecule has 0 spiro atoms. The highest BCUT2D eigenvalue weighted by Gasteiger charge is 2.30. The predicted molar refractivity (Wildman–Crippen MR) is 199 cm³/mol. The molecule has 4 heterocycles. The molecule has 290 valence electrons. The zero-order valence-electron chi connectivity index (χ0n) is 31.9. The smallest absolute Gasteiger partial charge is 0.410 e. The van der Waals surface area contributed by atoms with E-state index in [-0.39, 0.29) is 29.4 Å². The molecule has 3 aromatic heterocycles. The zero-order valence-corrected chi connectivity index (χ0v) is 31.9. The summed E-state index contributed by atoms with van der Waals surface area (Å²) in [4.78, 5) is 40.7. The van der Waals surface area contributed by atoms with E-state index in [1.54, 1.807) is 16.9 Å². The fraction of sp³-hybridized carbons (Fsp3) is 0.667. The van der Waals surface area contributed by atoms with Crippen LogP contribution in [-0.2, 0) is 4.74 Å². The average molecular weight is 739 g/mol. The van der Waals surface area contributed by atoms with E-state index >= 15 is 0 Å². The summed E-state index contributed by atoms with van der Waals surface area (Å²) in [5, 5.41) is 6.85. The second-order valence-electron chi connectivity index (χ2n) is 16.4. The Labute approximate surface area is 311 Å². The molecule has 6 rings (SSSR count). The Balaban J connectivity index is 0.942.